The number of hydrogen-bond acceptors (Lipinski definition) is 1. The van der Waals surface area contributed by atoms with Crippen molar-refractivity contribution in [1.82, 2.24) is 8.97 Å². The first-order chi connectivity index (χ1) is 24.7. The second kappa shape index (κ2) is 8.21. The van der Waals surface area contributed by atoms with E-state index in [2.05, 4.69) is 166 Å². The molecule has 7 heterocycles. The third kappa shape index (κ3) is 2.55. The summed E-state index contributed by atoms with van der Waals surface area (Å²) in [6.45, 7) is 4.49. The maximum absolute atomic E-state index is 7.02. The number of pyridine rings is 2. The Hall–Kier alpha value is -6.46. The van der Waals surface area contributed by atoms with Gasteiger partial charge in [0.25, 0.3) is 11.5 Å². The van der Waals surface area contributed by atoms with Gasteiger partial charge in [-0.2, -0.15) is 18.1 Å². The Morgan fingerprint density at radius 1 is 0.580 bits per heavy atom. The number of para-hydroxylation sites is 1. The molecule has 0 aliphatic carbocycles. The van der Waals surface area contributed by atoms with Crippen LogP contribution in [0.15, 0.2) is 134 Å². The Kier molecular flexibility index (Phi) is 4.20. The van der Waals surface area contributed by atoms with E-state index < -0.39 is 5.66 Å². The minimum atomic E-state index is -0.724. The zero-order valence-electron chi connectivity index (χ0n) is 27.4. The summed E-state index contributed by atoms with van der Waals surface area (Å²) in [7, 11) is 0. The van der Waals surface area contributed by atoms with Gasteiger partial charge in [-0.15, -0.1) is 0 Å². The molecule has 0 amide bonds. The molecule has 0 saturated heterocycles. The van der Waals surface area contributed by atoms with Crippen LogP contribution in [-0.4, -0.2) is 8.97 Å². The van der Waals surface area contributed by atoms with Gasteiger partial charge < -0.3 is 4.74 Å². The van der Waals surface area contributed by atoms with Gasteiger partial charge in [0.1, 0.15) is 39.9 Å². The Morgan fingerprint density at radius 2 is 1.30 bits per heavy atom. The summed E-state index contributed by atoms with van der Waals surface area (Å²) < 4.78 is 17.2. The molecule has 1 unspecified atom stereocenters. The normalized spacial score (nSPS) is 16.4. The number of aromatic nitrogens is 4. The lowest BCUT2D eigenvalue weighted by Gasteiger charge is -2.36. The van der Waals surface area contributed by atoms with Crippen molar-refractivity contribution >= 4 is 59.9 Å². The quantitative estimate of drug-likeness (QED) is 0.130. The molecule has 6 aromatic carbocycles. The molecule has 1 atom stereocenters. The van der Waals surface area contributed by atoms with Crippen molar-refractivity contribution < 1.29 is 13.9 Å². The van der Waals surface area contributed by atoms with Crippen LogP contribution in [0.4, 0.5) is 0 Å². The number of rotatable bonds is 1. The molecular weight excluding hydrogens is 613 g/mol. The smallest absolute Gasteiger partial charge is 0.318 e. The van der Waals surface area contributed by atoms with Gasteiger partial charge in [0.05, 0.1) is 11.6 Å². The lowest BCUT2D eigenvalue weighted by Crippen LogP contribution is -2.75. The molecule has 0 saturated carbocycles. The first-order valence-corrected chi connectivity index (χ1v) is 17.4. The summed E-state index contributed by atoms with van der Waals surface area (Å²) in [6.07, 6.45) is 4.73. The Labute approximate surface area is 286 Å². The van der Waals surface area contributed by atoms with Crippen molar-refractivity contribution in [3.8, 4) is 28.6 Å². The molecule has 0 radical (unpaired) electrons. The van der Waals surface area contributed by atoms with Crippen molar-refractivity contribution in [2.75, 3.05) is 0 Å². The van der Waals surface area contributed by atoms with Gasteiger partial charge in [0.2, 0.25) is 0 Å². The van der Waals surface area contributed by atoms with E-state index in [4.69, 9.17) is 4.74 Å². The third-order valence-electron chi connectivity index (χ3n) is 12.0. The van der Waals surface area contributed by atoms with Gasteiger partial charge in [-0.25, -0.2) is 0 Å². The van der Waals surface area contributed by atoms with Gasteiger partial charge in [0.15, 0.2) is 11.2 Å². The Balaban J connectivity index is 1.36. The second-order valence-electron chi connectivity index (χ2n) is 14.2. The molecule has 232 valence electrons. The minimum absolute atomic E-state index is 0.724. The van der Waals surface area contributed by atoms with Crippen molar-refractivity contribution in [2.24, 2.45) is 0 Å². The maximum atomic E-state index is 7.02. The van der Waals surface area contributed by atoms with Crippen LogP contribution < -0.4 is 13.9 Å². The van der Waals surface area contributed by atoms with Gasteiger partial charge in [-0.3, -0.25) is 0 Å². The maximum Gasteiger partial charge on any atom is 0.318 e. The molecule has 0 N–H and O–H groups in total. The van der Waals surface area contributed by atoms with E-state index in [1.807, 2.05) is 0 Å². The van der Waals surface area contributed by atoms with Crippen molar-refractivity contribution in [3.05, 3.63) is 156 Å². The van der Waals surface area contributed by atoms with Crippen molar-refractivity contribution in [2.45, 2.75) is 19.5 Å². The van der Waals surface area contributed by atoms with Crippen molar-refractivity contribution in [3.63, 3.8) is 0 Å². The van der Waals surface area contributed by atoms with Crippen LogP contribution in [0.25, 0.3) is 77.0 Å². The summed E-state index contributed by atoms with van der Waals surface area (Å²) >= 11 is 0. The molecular formula is C45H28N4O+2. The van der Waals surface area contributed by atoms with Gasteiger partial charge in [-0.1, -0.05) is 66.7 Å². The molecule has 0 fully saturated rings. The van der Waals surface area contributed by atoms with Crippen LogP contribution in [0.5, 0.6) is 11.5 Å². The number of imidazole rings is 1. The van der Waals surface area contributed by atoms with E-state index in [1.165, 1.54) is 93.4 Å². The monoisotopic (exact) mass is 640 g/mol. The highest BCUT2D eigenvalue weighted by molar-refractivity contribution is 6.21. The van der Waals surface area contributed by atoms with Crippen LogP contribution in [-0.2, 0) is 5.66 Å². The minimum Gasteiger partial charge on any atom is -0.456 e. The fraction of sp³-hybridized carbons (Fsp3) is 0.0667. The molecule has 13 rings (SSSR count). The molecule has 5 heteroatoms. The van der Waals surface area contributed by atoms with Crippen LogP contribution in [0.3, 0.4) is 0 Å². The van der Waals surface area contributed by atoms with Crippen LogP contribution in [0.2, 0.25) is 0 Å². The lowest BCUT2D eigenvalue weighted by atomic mass is 9.83. The van der Waals surface area contributed by atoms with E-state index >= 15 is 0 Å². The lowest BCUT2D eigenvalue weighted by molar-refractivity contribution is -0.956. The first kappa shape index (κ1) is 25.5. The molecule has 5 nitrogen and oxygen atoms in total. The predicted octanol–water partition coefficient (Wildman–Crippen LogP) is 9.39. The molecule has 3 aliphatic rings. The van der Waals surface area contributed by atoms with Crippen molar-refractivity contribution in [1.29, 1.82) is 0 Å². The number of aryl methyl sites for hydroxylation is 2. The number of benzene rings is 6. The third-order valence-corrected chi connectivity index (χ3v) is 12.0. The fourth-order valence-electron chi connectivity index (χ4n) is 10.2. The van der Waals surface area contributed by atoms with Crippen LogP contribution in [0, 0.1) is 13.8 Å². The number of ether oxygens (including phenoxy) is 1. The highest BCUT2D eigenvalue weighted by Gasteiger charge is 2.65. The second-order valence-corrected chi connectivity index (χ2v) is 14.2. The topological polar surface area (TPSA) is 26.3 Å². The number of fused-ring (bicyclic) bond motifs is 10. The molecule has 4 aromatic heterocycles. The van der Waals surface area contributed by atoms with Gasteiger partial charge in [0, 0.05) is 38.6 Å². The SMILES string of the molecule is Cc1cccc(C)c1-c1c[n+]2c3c4c5c(ccc4c4ccc6ccccc6c4n13)Oc1ccc3c4ccccc4n4c3c1C52[n+]1ccccc1-4. The fourth-order valence-corrected chi connectivity index (χ4v) is 10.2. The average molecular weight is 641 g/mol. The van der Waals surface area contributed by atoms with Gasteiger partial charge in [-0.05, 0) is 78.9 Å². The predicted molar refractivity (Wildman–Crippen MR) is 198 cm³/mol. The Bertz CT molecular complexity index is 3250. The van der Waals surface area contributed by atoms with Crippen LogP contribution >= 0.6 is 0 Å². The van der Waals surface area contributed by atoms with E-state index in [0.717, 1.165) is 17.3 Å². The largest absolute Gasteiger partial charge is 0.456 e. The van der Waals surface area contributed by atoms with E-state index in [-0.39, 0.29) is 0 Å². The zero-order valence-corrected chi connectivity index (χ0v) is 27.4. The standard InChI is InChI=1S/C45H28N4O/c1-25-10-9-11-26(2)38(25)34-24-47-44-39-30(32-18-17-27-12-3-4-13-28(27)42(32)49(34)44)19-21-35-40(39)45(47)41-36(50-35)22-20-31-29-14-5-6-15-33(29)48(43(31)41)37-16-7-8-23-46(37)45/h3-24H,1-2H3/q+2. The molecule has 10 aromatic rings. The summed E-state index contributed by atoms with van der Waals surface area (Å²) in [5.41, 5.74) is 11.5. The average Bonchev–Trinajstić information content (AvgIpc) is 3.80. The van der Waals surface area contributed by atoms with E-state index in [0.29, 0.717) is 0 Å². The van der Waals surface area contributed by atoms with E-state index in [1.54, 1.807) is 0 Å². The first-order valence-electron chi connectivity index (χ1n) is 17.4. The van der Waals surface area contributed by atoms with Gasteiger partial charge >= 0.3 is 5.66 Å². The highest BCUT2D eigenvalue weighted by Crippen LogP contribution is 2.57. The summed E-state index contributed by atoms with van der Waals surface area (Å²) in [5, 5.41) is 8.71. The van der Waals surface area contributed by atoms with E-state index in [9.17, 15) is 0 Å². The molecule has 3 aliphatic heterocycles. The zero-order chi connectivity index (χ0) is 32.6. The Morgan fingerprint density at radius 3 is 2.18 bits per heavy atom. The summed E-state index contributed by atoms with van der Waals surface area (Å²) in [4.78, 5) is 0. The van der Waals surface area contributed by atoms with Crippen LogP contribution in [0.1, 0.15) is 22.3 Å². The number of hydrogen-bond donors (Lipinski definition) is 0. The molecule has 1 spiro atoms. The molecule has 50 heavy (non-hydrogen) atoms. The summed E-state index contributed by atoms with van der Waals surface area (Å²) in [6, 6.07) is 44.5. The summed E-state index contributed by atoms with van der Waals surface area (Å²) in [5.74, 6) is 2.95. The highest BCUT2D eigenvalue weighted by atomic mass is 16.5. The number of nitrogens with zero attached hydrogens (tertiary/aromatic N) is 4. The molecule has 0 bridgehead atoms.